The Labute approximate surface area is 144 Å². The van der Waals surface area contributed by atoms with Gasteiger partial charge in [0.25, 0.3) is 0 Å². The predicted octanol–water partition coefficient (Wildman–Crippen LogP) is 1.10. The van der Waals surface area contributed by atoms with Gasteiger partial charge >= 0.3 is 0 Å². The zero-order valence-corrected chi connectivity index (χ0v) is 15.4. The lowest BCUT2D eigenvalue weighted by Crippen LogP contribution is -3.13. The molecule has 126 valence electrons. The molecule has 0 amide bonds. The molecule has 0 aromatic carbocycles. The first-order valence-electron chi connectivity index (χ1n) is 7.38. The molecule has 0 radical (unpaired) electrons. The molecule has 0 spiro atoms. The van der Waals surface area contributed by atoms with Crippen LogP contribution in [-0.4, -0.2) is 44.1 Å². The number of nitrogens with zero attached hydrogens (tertiary/aromatic N) is 2. The Kier molecular flexibility index (Phi) is 4.80. The highest BCUT2D eigenvalue weighted by Crippen LogP contribution is 2.23. The maximum atomic E-state index is 12.8. The van der Waals surface area contributed by atoms with Crippen LogP contribution in [0, 0.1) is 13.8 Å². The van der Waals surface area contributed by atoms with Gasteiger partial charge in [0.2, 0.25) is 10.0 Å². The maximum absolute atomic E-state index is 12.8. The molecule has 3 rings (SSSR count). The average molecular weight is 377 g/mol. The van der Waals surface area contributed by atoms with Crippen molar-refractivity contribution in [2.24, 2.45) is 0 Å². The smallest absolute Gasteiger partial charge is 0.248 e. The topological polar surface area (TPSA) is 67.9 Å². The number of sulfonamides is 1. The van der Waals surface area contributed by atoms with Crippen molar-refractivity contribution in [3.8, 4) is 0 Å². The molecular formula is C14H19ClN3O3S2+. The molecule has 1 saturated heterocycles. The van der Waals surface area contributed by atoms with Crippen LogP contribution in [0.5, 0.6) is 0 Å². The van der Waals surface area contributed by atoms with Crippen LogP contribution < -0.4 is 4.90 Å². The number of nitrogens with one attached hydrogen (secondary N) is 1. The molecule has 1 aliphatic rings. The van der Waals surface area contributed by atoms with Crippen LogP contribution in [0.4, 0.5) is 0 Å². The van der Waals surface area contributed by atoms with Crippen molar-refractivity contribution >= 4 is 33.0 Å². The van der Waals surface area contributed by atoms with E-state index in [1.165, 1.54) is 14.1 Å². The van der Waals surface area contributed by atoms with Gasteiger partial charge in [-0.3, -0.25) is 0 Å². The number of rotatable bonds is 4. The molecule has 6 nitrogen and oxygen atoms in total. The minimum atomic E-state index is -3.53. The average Bonchev–Trinajstić information content (AvgIpc) is 3.05. The summed E-state index contributed by atoms with van der Waals surface area (Å²) in [7, 11) is -3.53. The van der Waals surface area contributed by atoms with Crippen molar-refractivity contribution in [3.05, 3.63) is 32.8 Å². The lowest BCUT2D eigenvalue weighted by atomic mass is 10.3. The van der Waals surface area contributed by atoms with Gasteiger partial charge in [0, 0.05) is 0 Å². The van der Waals surface area contributed by atoms with Gasteiger partial charge in [-0.25, -0.2) is 8.42 Å². The van der Waals surface area contributed by atoms with Gasteiger partial charge in [-0.15, -0.1) is 11.3 Å². The second kappa shape index (κ2) is 6.52. The molecule has 0 unspecified atom stereocenters. The Morgan fingerprint density at radius 2 is 2.04 bits per heavy atom. The minimum Gasteiger partial charge on any atom is -0.360 e. The van der Waals surface area contributed by atoms with Crippen LogP contribution in [0.2, 0.25) is 4.34 Å². The number of hydrogen-bond acceptors (Lipinski definition) is 5. The van der Waals surface area contributed by atoms with Crippen molar-refractivity contribution in [1.29, 1.82) is 0 Å². The summed E-state index contributed by atoms with van der Waals surface area (Å²) in [6.07, 6.45) is 0. The van der Waals surface area contributed by atoms with E-state index in [1.807, 2.05) is 12.1 Å². The molecule has 1 aliphatic heterocycles. The molecule has 0 aliphatic carbocycles. The molecule has 0 saturated carbocycles. The van der Waals surface area contributed by atoms with Crippen molar-refractivity contribution in [1.82, 2.24) is 9.46 Å². The van der Waals surface area contributed by atoms with Gasteiger partial charge in [-0.1, -0.05) is 16.8 Å². The fourth-order valence-corrected chi connectivity index (χ4v) is 5.78. The Morgan fingerprint density at radius 3 is 2.57 bits per heavy atom. The monoisotopic (exact) mass is 376 g/mol. The van der Waals surface area contributed by atoms with E-state index in [2.05, 4.69) is 5.16 Å². The molecule has 23 heavy (non-hydrogen) atoms. The van der Waals surface area contributed by atoms with Crippen LogP contribution in [0.1, 0.15) is 16.3 Å². The van der Waals surface area contributed by atoms with E-state index >= 15 is 0 Å². The quantitative estimate of drug-likeness (QED) is 0.867. The van der Waals surface area contributed by atoms with Gasteiger partial charge in [-0.05, 0) is 26.0 Å². The van der Waals surface area contributed by atoms with E-state index < -0.39 is 10.0 Å². The van der Waals surface area contributed by atoms with Crippen molar-refractivity contribution in [3.63, 3.8) is 0 Å². The standard InChI is InChI=1S/C14H18ClN3O3S2/c1-10-14(11(2)21-16-10)23(19,20)18-7-5-17(6-8-18)9-12-3-4-13(15)22-12/h3-4H,5-9H2,1-2H3/p+1. The van der Waals surface area contributed by atoms with E-state index in [1.54, 1.807) is 25.2 Å². The normalized spacial score (nSPS) is 17.7. The van der Waals surface area contributed by atoms with Crippen LogP contribution in [-0.2, 0) is 16.6 Å². The van der Waals surface area contributed by atoms with Gasteiger partial charge in [0.1, 0.15) is 17.1 Å². The summed E-state index contributed by atoms with van der Waals surface area (Å²) in [5.41, 5.74) is 0.422. The van der Waals surface area contributed by atoms with E-state index in [9.17, 15) is 8.42 Å². The third-order valence-electron chi connectivity index (χ3n) is 4.05. The van der Waals surface area contributed by atoms with Crippen LogP contribution in [0.3, 0.4) is 0 Å². The van der Waals surface area contributed by atoms with Gasteiger partial charge in [0.15, 0.2) is 5.76 Å². The lowest BCUT2D eigenvalue weighted by Gasteiger charge is -2.31. The Hall–Kier alpha value is -0.930. The summed E-state index contributed by atoms with van der Waals surface area (Å²) in [6.45, 7) is 6.73. The Morgan fingerprint density at radius 1 is 1.35 bits per heavy atom. The molecule has 1 N–H and O–H groups in total. The van der Waals surface area contributed by atoms with Crippen LogP contribution >= 0.6 is 22.9 Å². The first-order chi connectivity index (χ1) is 10.9. The molecular weight excluding hydrogens is 358 g/mol. The van der Waals surface area contributed by atoms with Crippen LogP contribution in [0.15, 0.2) is 21.6 Å². The number of halogens is 1. The van der Waals surface area contributed by atoms with E-state index in [4.69, 9.17) is 16.1 Å². The SMILES string of the molecule is Cc1noc(C)c1S(=O)(=O)N1CC[NH+](Cc2ccc(Cl)s2)CC1. The summed E-state index contributed by atoms with van der Waals surface area (Å²) >= 11 is 7.54. The highest BCUT2D eigenvalue weighted by Gasteiger charge is 2.34. The van der Waals surface area contributed by atoms with E-state index in [-0.39, 0.29) is 4.90 Å². The van der Waals surface area contributed by atoms with E-state index in [0.717, 1.165) is 24.0 Å². The molecule has 2 aromatic rings. The van der Waals surface area contributed by atoms with E-state index in [0.29, 0.717) is 24.5 Å². The van der Waals surface area contributed by atoms with Gasteiger partial charge in [0.05, 0.1) is 35.4 Å². The summed E-state index contributed by atoms with van der Waals surface area (Å²) in [6, 6.07) is 3.94. The molecule has 1 fully saturated rings. The number of aromatic nitrogens is 1. The summed E-state index contributed by atoms with van der Waals surface area (Å²) in [5.74, 6) is 0.352. The van der Waals surface area contributed by atoms with Gasteiger partial charge in [-0.2, -0.15) is 4.31 Å². The number of piperazine rings is 1. The second-order valence-corrected chi connectivity index (χ2v) is 9.36. The number of quaternary nitrogens is 1. The molecule has 0 atom stereocenters. The molecule has 0 bridgehead atoms. The lowest BCUT2D eigenvalue weighted by molar-refractivity contribution is -0.917. The number of aryl methyl sites for hydroxylation is 2. The Balaban J connectivity index is 1.66. The first kappa shape index (κ1) is 16.9. The highest BCUT2D eigenvalue weighted by molar-refractivity contribution is 7.89. The summed E-state index contributed by atoms with van der Waals surface area (Å²) in [5, 5.41) is 3.75. The second-order valence-electron chi connectivity index (χ2n) is 5.69. The third kappa shape index (κ3) is 3.46. The van der Waals surface area contributed by atoms with Crippen molar-refractivity contribution in [2.45, 2.75) is 25.3 Å². The number of hydrogen-bond donors (Lipinski definition) is 1. The highest BCUT2D eigenvalue weighted by atomic mass is 35.5. The fourth-order valence-electron chi connectivity index (χ4n) is 2.88. The van der Waals surface area contributed by atoms with Crippen molar-refractivity contribution < 1.29 is 17.8 Å². The molecule has 2 aromatic heterocycles. The minimum absolute atomic E-state index is 0.214. The zero-order valence-electron chi connectivity index (χ0n) is 13.0. The summed E-state index contributed by atoms with van der Waals surface area (Å²) in [4.78, 5) is 2.81. The number of thiophene rings is 1. The largest absolute Gasteiger partial charge is 0.360 e. The zero-order chi connectivity index (χ0) is 16.6. The fraction of sp³-hybridized carbons (Fsp3) is 0.500. The predicted molar refractivity (Wildman–Crippen MR) is 88.5 cm³/mol. The van der Waals surface area contributed by atoms with Crippen molar-refractivity contribution in [2.75, 3.05) is 26.2 Å². The first-order valence-corrected chi connectivity index (χ1v) is 10.0. The van der Waals surface area contributed by atoms with Crippen LogP contribution in [0.25, 0.3) is 0 Å². The molecule has 3 heterocycles. The third-order valence-corrected chi connectivity index (χ3v) is 7.42. The van der Waals surface area contributed by atoms with Gasteiger partial charge < -0.3 is 9.42 Å². The Bertz CT molecular complexity index is 773. The maximum Gasteiger partial charge on any atom is 0.248 e. The summed E-state index contributed by atoms with van der Waals surface area (Å²) < 4.78 is 32.8. The molecule has 9 heteroatoms.